The van der Waals surface area contributed by atoms with Crippen LogP contribution in [0.15, 0.2) is 66.9 Å². The Morgan fingerprint density at radius 2 is 2.00 bits per heavy atom. The number of carbonyl (C=O) groups is 1. The summed E-state index contributed by atoms with van der Waals surface area (Å²) in [6.45, 7) is 3.32. The molecule has 0 aliphatic carbocycles. The molecule has 1 aromatic heterocycles. The van der Waals surface area contributed by atoms with Gasteiger partial charge in [0.2, 0.25) is 5.91 Å². The van der Waals surface area contributed by atoms with Gasteiger partial charge in [-0.15, -0.1) is 0 Å². The molecule has 1 saturated heterocycles. The van der Waals surface area contributed by atoms with E-state index in [2.05, 4.69) is 4.98 Å². The van der Waals surface area contributed by atoms with Gasteiger partial charge in [-0.05, 0) is 55.3 Å². The van der Waals surface area contributed by atoms with Crippen LogP contribution in [0.25, 0.3) is 0 Å². The Bertz CT molecular complexity index is 1060. The summed E-state index contributed by atoms with van der Waals surface area (Å²) in [5.41, 5.74) is 1.74. The molecule has 0 N–H and O–H groups in total. The first-order valence-electron chi connectivity index (χ1n) is 10.6. The van der Waals surface area contributed by atoms with Crippen molar-refractivity contribution in [1.29, 1.82) is 0 Å². The van der Waals surface area contributed by atoms with Gasteiger partial charge in [0, 0.05) is 31.5 Å². The highest BCUT2D eigenvalue weighted by molar-refractivity contribution is 5.78. The standard InChI is InChI=1S/C25H26FN3O3/c1-3-29-20(16-31-17-25(29)30)14-18-7-10-21(11-8-18)32-23-12-9-19(15-22(23)26)28(2)24-6-4-5-13-27-24/h4-13,15,20H,3,14,16-17H2,1-2H3. The summed E-state index contributed by atoms with van der Waals surface area (Å²) < 4.78 is 25.9. The van der Waals surface area contributed by atoms with Gasteiger partial charge in [-0.25, -0.2) is 9.37 Å². The van der Waals surface area contributed by atoms with Crippen LogP contribution in [0.2, 0.25) is 0 Å². The van der Waals surface area contributed by atoms with E-state index in [4.69, 9.17) is 9.47 Å². The molecule has 4 rings (SSSR count). The molecular formula is C25H26FN3O3. The van der Waals surface area contributed by atoms with Gasteiger partial charge in [0.15, 0.2) is 11.6 Å². The number of hydrogen-bond acceptors (Lipinski definition) is 5. The van der Waals surface area contributed by atoms with Crippen molar-refractivity contribution in [3.63, 3.8) is 0 Å². The maximum atomic E-state index is 14.7. The first-order valence-corrected chi connectivity index (χ1v) is 10.6. The van der Waals surface area contributed by atoms with E-state index < -0.39 is 5.82 Å². The summed E-state index contributed by atoms with van der Waals surface area (Å²) in [7, 11) is 1.83. The third-order valence-electron chi connectivity index (χ3n) is 5.56. The number of ether oxygens (including phenoxy) is 2. The zero-order valence-corrected chi connectivity index (χ0v) is 18.2. The lowest BCUT2D eigenvalue weighted by molar-refractivity contribution is -0.147. The van der Waals surface area contributed by atoms with Crippen LogP contribution >= 0.6 is 0 Å². The summed E-state index contributed by atoms with van der Waals surface area (Å²) in [6, 6.07) is 17.9. The number of nitrogens with zero attached hydrogens (tertiary/aromatic N) is 3. The van der Waals surface area contributed by atoms with Crippen molar-refractivity contribution in [2.75, 3.05) is 31.7 Å². The monoisotopic (exact) mass is 435 g/mol. The van der Waals surface area contributed by atoms with Gasteiger partial charge < -0.3 is 19.3 Å². The summed E-state index contributed by atoms with van der Waals surface area (Å²) in [4.78, 5) is 19.9. The third-order valence-corrected chi connectivity index (χ3v) is 5.56. The van der Waals surface area contributed by atoms with Crippen molar-refractivity contribution < 1.29 is 18.7 Å². The summed E-state index contributed by atoms with van der Waals surface area (Å²) >= 11 is 0. The van der Waals surface area contributed by atoms with Crippen LogP contribution < -0.4 is 9.64 Å². The van der Waals surface area contributed by atoms with Crippen molar-refractivity contribution in [3.8, 4) is 11.5 Å². The Morgan fingerprint density at radius 1 is 1.19 bits per heavy atom. The number of halogens is 1. The first kappa shape index (κ1) is 21.8. The van der Waals surface area contributed by atoms with Crippen LogP contribution in [0, 0.1) is 5.82 Å². The van der Waals surface area contributed by atoms with Gasteiger partial charge in [-0.2, -0.15) is 0 Å². The molecule has 0 saturated carbocycles. The largest absolute Gasteiger partial charge is 0.454 e. The van der Waals surface area contributed by atoms with Crippen molar-refractivity contribution in [1.82, 2.24) is 9.88 Å². The van der Waals surface area contributed by atoms with E-state index in [1.165, 1.54) is 6.07 Å². The van der Waals surface area contributed by atoms with E-state index in [0.29, 0.717) is 31.0 Å². The molecule has 32 heavy (non-hydrogen) atoms. The maximum absolute atomic E-state index is 14.7. The molecule has 1 atom stereocenters. The zero-order valence-electron chi connectivity index (χ0n) is 18.2. The fourth-order valence-electron chi connectivity index (χ4n) is 3.82. The van der Waals surface area contributed by atoms with Crippen molar-refractivity contribution in [3.05, 3.63) is 78.2 Å². The van der Waals surface area contributed by atoms with Gasteiger partial charge in [0.25, 0.3) is 0 Å². The fourth-order valence-corrected chi connectivity index (χ4v) is 3.82. The molecule has 1 unspecified atom stereocenters. The van der Waals surface area contributed by atoms with Crippen molar-refractivity contribution in [2.24, 2.45) is 0 Å². The topological polar surface area (TPSA) is 54.9 Å². The average Bonchev–Trinajstić information content (AvgIpc) is 2.82. The Kier molecular flexibility index (Phi) is 6.66. The lowest BCUT2D eigenvalue weighted by Crippen LogP contribution is -2.50. The highest BCUT2D eigenvalue weighted by atomic mass is 19.1. The summed E-state index contributed by atoms with van der Waals surface area (Å²) in [5, 5.41) is 0. The number of morpholine rings is 1. The van der Waals surface area contributed by atoms with Crippen LogP contribution in [-0.4, -0.2) is 48.6 Å². The molecule has 7 heteroatoms. The Morgan fingerprint density at radius 3 is 2.69 bits per heavy atom. The zero-order chi connectivity index (χ0) is 22.5. The molecule has 2 heterocycles. The Balaban J connectivity index is 1.41. The smallest absolute Gasteiger partial charge is 0.248 e. The van der Waals surface area contributed by atoms with E-state index in [0.717, 1.165) is 11.4 Å². The normalized spacial score (nSPS) is 16.2. The van der Waals surface area contributed by atoms with Crippen LogP contribution in [0.3, 0.4) is 0 Å². The SMILES string of the molecule is CCN1C(=O)COCC1Cc1ccc(Oc2ccc(N(C)c3ccccn3)cc2F)cc1. The number of likely N-dealkylation sites (N-methyl/N-ethyl adjacent to an activating group) is 1. The third kappa shape index (κ3) is 4.89. The molecule has 6 nitrogen and oxygen atoms in total. The molecule has 1 aliphatic rings. The maximum Gasteiger partial charge on any atom is 0.248 e. The van der Waals surface area contributed by atoms with E-state index in [9.17, 15) is 9.18 Å². The van der Waals surface area contributed by atoms with E-state index in [-0.39, 0.29) is 24.3 Å². The molecule has 1 aliphatic heterocycles. The van der Waals surface area contributed by atoms with Gasteiger partial charge in [0.05, 0.1) is 12.6 Å². The van der Waals surface area contributed by atoms with E-state index in [1.54, 1.807) is 23.2 Å². The molecule has 0 radical (unpaired) electrons. The molecule has 1 amide bonds. The molecule has 166 valence electrons. The van der Waals surface area contributed by atoms with Gasteiger partial charge in [-0.3, -0.25) is 4.79 Å². The molecule has 0 spiro atoms. The minimum Gasteiger partial charge on any atom is -0.454 e. The summed E-state index contributed by atoms with van der Waals surface area (Å²) in [6.07, 6.45) is 2.39. The number of benzene rings is 2. The van der Waals surface area contributed by atoms with Gasteiger partial charge in [-0.1, -0.05) is 18.2 Å². The predicted octanol–water partition coefficient (Wildman–Crippen LogP) is 4.57. The van der Waals surface area contributed by atoms with E-state index >= 15 is 0 Å². The number of hydrogen-bond donors (Lipinski definition) is 0. The quantitative estimate of drug-likeness (QED) is 0.544. The fraction of sp³-hybridized carbons (Fsp3) is 0.280. The van der Waals surface area contributed by atoms with Crippen LogP contribution in [0.4, 0.5) is 15.9 Å². The molecule has 1 fully saturated rings. The first-order chi connectivity index (χ1) is 15.5. The molecular weight excluding hydrogens is 409 g/mol. The van der Waals surface area contributed by atoms with Crippen LogP contribution in [-0.2, 0) is 16.0 Å². The second kappa shape index (κ2) is 9.78. The molecule has 3 aromatic rings. The number of anilines is 2. The Labute approximate surface area is 187 Å². The number of carbonyl (C=O) groups excluding carboxylic acids is 1. The molecule has 0 bridgehead atoms. The number of pyridine rings is 1. The second-order valence-corrected chi connectivity index (χ2v) is 7.66. The average molecular weight is 435 g/mol. The minimum absolute atomic E-state index is 0.0223. The van der Waals surface area contributed by atoms with E-state index in [1.807, 2.05) is 61.3 Å². The lowest BCUT2D eigenvalue weighted by atomic mass is 10.0. The molecule has 2 aromatic carbocycles. The van der Waals surface area contributed by atoms with Crippen LogP contribution in [0.1, 0.15) is 12.5 Å². The summed E-state index contributed by atoms with van der Waals surface area (Å²) in [5.74, 6) is 0.992. The Hall–Kier alpha value is -3.45. The van der Waals surface area contributed by atoms with Crippen molar-refractivity contribution in [2.45, 2.75) is 19.4 Å². The highest BCUT2D eigenvalue weighted by Gasteiger charge is 2.27. The van der Waals surface area contributed by atoms with Gasteiger partial charge >= 0.3 is 0 Å². The minimum atomic E-state index is -0.453. The van der Waals surface area contributed by atoms with Crippen molar-refractivity contribution >= 4 is 17.4 Å². The number of amides is 1. The lowest BCUT2D eigenvalue weighted by Gasteiger charge is -2.34. The number of rotatable bonds is 7. The highest BCUT2D eigenvalue weighted by Crippen LogP contribution is 2.30. The number of aromatic nitrogens is 1. The van der Waals surface area contributed by atoms with Crippen LogP contribution in [0.5, 0.6) is 11.5 Å². The van der Waals surface area contributed by atoms with Gasteiger partial charge in [0.1, 0.15) is 18.2 Å². The second-order valence-electron chi connectivity index (χ2n) is 7.66. The predicted molar refractivity (Wildman–Crippen MR) is 121 cm³/mol.